The molecule has 1 amide bonds. The van der Waals surface area contributed by atoms with Crippen LogP contribution in [-0.2, 0) is 9.53 Å². The largest absolute Gasteiger partial charge is 0.394 e. The van der Waals surface area contributed by atoms with Gasteiger partial charge in [0, 0.05) is 19.7 Å². The zero-order valence-electron chi connectivity index (χ0n) is 17.6. The van der Waals surface area contributed by atoms with Crippen molar-refractivity contribution in [2.75, 3.05) is 18.7 Å². The van der Waals surface area contributed by atoms with E-state index in [1.807, 2.05) is 0 Å². The van der Waals surface area contributed by atoms with Crippen molar-refractivity contribution < 1.29 is 24.9 Å². The third-order valence-corrected chi connectivity index (χ3v) is 5.71. The molecule has 168 valence electrons. The number of hydrogen-bond acceptors (Lipinski definition) is 9. The highest BCUT2D eigenvalue weighted by Crippen LogP contribution is 2.37. The lowest BCUT2D eigenvalue weighted by molar-refractivity contribution is -0.119. The van der Waals surface area contributed by atoms with E-state index in [-0.39, 0.29) is 5.91 Å². The maximum Gasteiger partial charge on any atom is 0.225 e. The Morgan fingerprint density at radius 3 is 2.74 bits per heavy atom. The third-order valence-electron chi connectivity index (χ3n) is 5.71. The second-order valence-corrected chi connectivity index (χ2v) is 7.91. The summed E-state index contributed by atoms with van der Waals surface area (Å²) in [6.45, 7) is 1.69. The first-order valence-electron chi connectivity index (χ1n) is 10.6. The highest BCUT2D eigenvalue weighted by Gasteiger charge is 2.44. The lowest BCUT2D eigenvalue weighted by Crippen LogP contribution is -2.35. The van der Waals surface area contributed by atoms with Gasteiger partial charge in [-0.2, -0.15) is 5.10 Å². The molecule has 11 nitrogen and oxygen atoms in total. The first-order valence-corrected chi connectivity index (χ1v) is 10.6. The summed E-state index contributed by atoms with van der Waals surface area (Å²) >= 11 is 0. The fraction of sp³-hybridized carbons (Fsp3) is 0.600. The number of aliphatic hydroxyl groups excluding tert-OH is 3. The number of amidine groups is 1. The van der Waals surface area contributed by atoms with Crippen LogP contribution >= 0.6 is 0 Å². The van der Waals surface area contributed by atoms with E-state index in [1.54, 1.807) is 22.8 Å². The fourth-order valence-corrected chi connectivity index (χ4v) is 4.05. The molecular formula is C20H28N6O5. The van der Waals surface area contributed by atoms with Gasteiger partial charge in [-0.05, 0) is 6.42 Å². The van der Waals surface area contributed by atoms with E-state index >= 15 is 0 Å². The van der Waals surface area contributed by atoms with E-state index < -0.39 is 31.1 Å². The standard InChI is InChI=1S/C20H28N6O5/c1-3-4-5-6-7-13(28)23-17-11-8-26(20-16(30)15(29)12(9-27)31-20)19-14(11)18(21-10-22-19)25(2)24-17/h8,10,12,15-16,20,27,29-30H,3-7,9H2,1-2H3,(H,23,24,28)/t12-,15-,16-,20?/m1/s1. The van der Waals surface area contributed by atoms with Crippen LogP contribution in [0.4, 0.5) is 5.82 Å². The molecule has 1 saturated heterocycles. The van der Waals surface area contributed by atoms with Crippen LogP contribution < -0.4 is 10.3 Å². The number of carbonyl (C=O) groups excluding carboxylic acids is 1. The number of aliphatic hydroxyl groups is 3. The van der Waals surface area contributed by atoms with Crippen molar-refractivity contribution in [3.05, 3.63) is 18.1 Å². The van der Waals surface area contributed by atoms with Crippen LogP contribution in [0.25, 0.3) is 11.0 Å². The van der Waals surface area contributed by atoms with E-state index in [9.17, 15) is 20.1 Å². The number of unbranched alkanes of at least 4 members (excludes halogenated alkanes) is 3. The van der Waals surface area contributed by atoms with Crippen LogP contribution in [0.1, 0.15) is 50.8 Å². The molecule has 0 saturated carbocycles. The monoisotopic (exact) mass is 432 g/mol. The summed E-state index contributed by atoms with van der Waals surface area (Å²) in [6.07, 6.45) is 3.09. The highest BCUT2D eigenvalue weighted by molar-refractivity contribution is 6.18. The minimum atomic E-state index is -1.26. The normalized spacial score (nSPS) is 25.2. The van der Waals surface area contributed by atoms with Crippen molar-refractivity contribution in [2.45, 2.75) is 63.6 Å². The zero-order valence-corrected chi connectivity index (χ0v) is 17.6. The Bertz CT molecular complexity index is 992. The van der Waals surface area contributed by atoms with Crippen molar-refractivity contribution in [3.63, 3.8) is 0 Å². The molecule has 4 heterocycles. The Morgan fingerprint density at radius 1 is 1.23 bits per heavy atom. The Balaban J connectivity index is 1.65. The van der Waals surface area contributed by atoms with E-state index in [1.165, 1.54) is 6.33 Å². The van der Waals surface area contributed by atoms with Gasteiger partial charge >= 0.3 is 0 Å². The maximum atomic E-state index is 12.5. The van der Waals surface area contributed by atoms with Crippen molar-refractivity contribution >= 4 is 28.6 Å². The van der Waals surface area contributed by atoms with Gasteiger partial charge in [0.25, 0.3) is 0 Å². The number of carbonyl (C=O) groups is 1. The van der Waals surface area contributed by atoms with Gasteiger partial charge in [-0.25, -0.2) is 15.0 Å². The van der Waals surface area contributed by atoms with Crippen molar-refractivity contribution in [1.82, 2.24) is 19.9 Å². The predicted octanol–water partition coefficient (Wildman–Crippen LogP) is 0.241. The van der Waals surface area contributed by atoms with Gasteiger partial charge in [-0.3, -0.25) is 4.79 Å². The SMILES string of the molecule is CCCCCCC(=O)NC1=NN(C)c2ncnc3c2c1cn3C1O[C@H](CO)[C@@H](O)[C@H]1O. The Kier molecular flexibility index (Phi) is 6.19. The van der Waals surface area contributed by atoms with Crippen LogP contribution in [0.3, 0.4) is 0 Å². The average Bonchev–Trinajstić information content (AvgIpc) is 3.28. The topological polar surface area (TPSA) is 145 Å². The molecule has 4 atom stereocenters. The molecule has 11 heteroatoms. The van der Waals surface area contributed by atoms with Crippen molar-refractivity contribution in [2.24, 2.45) is 5.10 Å². The summed E-state index contributed by atoms with van der Waals surface area (Å²) in [5.41, 5.74) is 1.06. The number of anilines is 1. The van der Waals surface area contributed by atoms with Gasteiger partial charge in [-0.15, -0.1) is 0 Å². The molecule has 2 aromatic rings. The second kappa shape index (κ2) is 8.87. The number of ether oxygens (including phenoxy) is 1. The number of rotatable bonds is 7. The minimum Gasteiger partial charge on any atom is -0.394 e. The smallest absolute Gasteiger partial charge is 0.225 e. The molecular weight excluding hydrogens is 404 g/mol. The molecule has 1 unspecified atom stereocenters. The Labute approximate surface area is 179 Å². The summed E-state index contributed by atoms with van der Waals surface area (Å²) in [6, 6.07) is 0. The molecule has 2 aromatic heterocycles. The Hall–Kier alpha value is -2.60. The van der Waals surface area contributed by atoms with E-state index in [0.717, 1.165) is 25.7 Å². The van der Waals surface area contributed by atoms with E-state index in [2.05, 4.69) is 27.3 Å². The molecule has 0 spiro atoms. The molecule has 31 heavy (non-hydrogen) atoms. The van der Waals surface area contributed by atoms with Gasteiger partial charge in [0.05, 0.1) is 17.6 Å². The fourth-order valence-electron chi connectivity index (χ4n) is 4.05. The van der Waals surface area contributed by atoms with Crippen molar-refractivity contribution in [3.8, 4) is 0 Å². The number of amides is 1. The van der Waals surface area contributed by atoms with Crippen LogP contribution in [0.15, 0.2) is 17.6 Å². The van der Waals surface area contributed by atoms with Gasteiger partial charge < -0.3 is 29.9 Å². The van der Waals surface area contributed by atoms with Crippen LogP contribution in [0.2, 0.25) is 0 Å². The summed E-state index contributed by atoms with van der Waals surface area (Å²) in [4.78, 5) is 21.1. The molecule has 0 aliphatic carbocycles. The average molecular weight is 432 g/mol. The highest BCUT2D eigenvalue weighted by atomic mass is 16.6. The number of hydrogen-bond donors (Lipinski definition) is 4. The molecule has 4 rings (SSSR count). The third kappa shape index (κ3) is 3.89. The molecule has 2 aliphatic heterocycles. The maximum absolute atomic E-state index is 12.5. The molecule has 0 bridgehead atoms. The second-order valence-electron chi connectivity index (χ2n) is 7.91. The van der Waals surface area contributed by atoms with Crippen molar-refractivity contribution in [1.29, 1.82) is 0 Å². The van der Waals surface area contributed by atoms with Gasteiger partial charge in [-0.1, -0.05) is 26.2 Å². The Morgan fingerprint density at radius 2 is 2.03 bits per heavy atom. The van der Waals surface area contributed by atoms with Gasteiger partial charge in [0.1, 0.15) is 30.3 Å². The minimum absolute atomic E-state index is 0.127. The molecule has 0 radical (unpaired) electrons. The lowest BCUT2D eigenvalue weighted by Gasteiger charge is -2.21. The number of aromatic nitrogens is 3. The summed E-state index contributed by atoms with van der Waals surface area (Å²) in [5.74, 6) is 0.782. The number of nitrogens with one attached hydrogen (secondary N) is 1. The summed E-state index contributed by atoms with van der Waals surface area (Å²) in [7, 11) is 1.72. The zero-order chi connectivity index (χ0) is 22.1. The predicted molar refractivity (Wildman–Crippen MR) is 112 cm³/mol. The van der Waals surface area contributed by atoms with E-state index in [4.69, 9.17) is 4.74 Å². The molecule has 4 N–H and O–H groups in total. The lowest BCUT2D eigenvalue weighted by atomic mass is 10.1. The van der Waals surface area contributed by atoms with Crippen LogP contribution in [0, 0.1) is 0 Å². The van der Waals surface area contributed by atoms with E-state index in [0.29, 0.717) is 34.7 Å². The number of nitrogens with zero attached hydrogens (tertiary/aromatic N) is 5. The van der Waals surface area contributed by atoms with Crippen LogP contribution in [0.5, 0.6) is 0 Å². The molecule has 1 fully saturated rings. The van der Waals surface area contributed by atoms with Crippen LogP contribution in [-0.4, -0.2) is 73.6 Å². The summed E-state index contributed by atoms with van der Waals surface area (Å²) in [5, 5.41) is 39.6. The first kappa shape index (κ1) is 21.6. The first-order chi connectivity index (χ1) is 15.0. The van der Waals surface area contributed by atoms with Gasteiger partial charge in [0.15, 0.2) is 17.9 Å². The molecule has 2 aliphatic rings. The quantitative estimate of drug-likeness (QED) is 0.455. The number of hydrazone groups is 1. The summed E-state index contributed by atoms with van der Waals surface area (Å²) < 4.78 is 7.26. The van der Waals surface area contributed by atoms with Gasteiger partial charge in [0.2, 0.25) is 5.91 Å². The molecule has 0 aromatic carbocycles.